The zero-order valence-corrected chi connectivity index (χ0v) is 10.5. The van der Waals surface area contributed by atoms with E-state index in [1.165, 1.54) is 0 Å². The highest BCUT2D eigenvalue weighted by Gasteiger charge is 2.11. The summed E-state index contributed by atoms with van der Waals surface area (Å²) in [7, 11) is 0. The minimum absolute atomic E-state index is 0.458. The molecule has 4 nitrogen and oxygen atoms in total. The number of fused-ring (bicyclic) bond motifs is 1. The Labute approximate surface area is 106 Å². The first-order valence-electron chi connectivity index (χ1n) is 4.96. The van der Waals surface area contributed by atoms with Crippen molar-refractivity contribution in [1.29, 1.82) is 0 Å². The van der Waals surface area contributed by atoms with Crippen LogP contribution in [0.2, 0.25) is 5.15 Å². The molecule has 0 atom stereocenters. The van der Waals surface area contributed by atoms with Crippen molar-refractivity contribution in [2.24, 2.45) is 0 Å². The third-order valence-electron chi connectivity index (χ3n) is 2.27. The molecule has 0 aliphatic heterocycles. The average Bonchev–Trinajstić information content (AvgIpc) is 2.71. The average molecular weight is 263 g/mol. The summed E-state index contributed by atoms with van der Waals surface area (Å²) in [5.74, 6) is 0.512. The highest BCUT2D eigenvalue weighted by Crippen LogP contribution is 2.29. The molecule has 0 aromatic carbocycles. The Balaban J connectivity index is 2.25. The topological polar surface area (TPSA) is 51.6 Å². The molecule has 0 spiro atoms. The summed E-state index contributed by atoms with van der Waals surface area (Å²) in [6.45, 7) is 2.02. The normalized spacial score (nSPS) is 10.9. The van der Waals surface area contributed by atoms with Crippen LogP contribution in [-0.2, 0) is 0 Å². The maximum atomic E-state index is 6.13. The summed E-state index contributed by atoms with van der Waals surface area (Å²) in [6.07, 6.45) is 1.61. The number of halogens is 1. The van der Waals surface area contributed by atoms with Gasteiger partial charge in [0.25, 0.3) is 0 Å². The molecule has 0 saturated heterocycles. The molecular formula is C11H7ClN4S. The predicted molar refractivity (Wildman–Crippen MR) is 68.2 cm³/mol. The second-order valence-electron chi connectivity index (χ2n) is 3.52. The molecule has 3 aromatic rings. The molecule has 6 heteroatoms. The lowest BCUT2D eigenvalue weighted by Crippen LogP contribution is -1.93. The molecule has 0 radical (unpaired) electrons. The second-order valence-corrected chi connectivity index (χ2v) is 5.12. The number of thiophene rings is 1. The molecule has 0 unspecified atom stereocenters. The quantitative estimate of drug-likeness (QED) is 0.633. The minimum atomic E-state index is 0.458. The first kappa shape index (κ1) is 10.6. The summed E-state index contributed by atoms with van der Waals surface area (Å²) >= 11 is 7.72. The maximum absolute atomic E-state index is 6.13. The number of aryl methyl sites for hydroxylation is 1. The van der Waals surface area contributed by atoms with Crippen LogP contribution in [0.1, 0.15) is 4.88 Å². The molecule has 0 amide bonds. The van der Waals surface area contributed by atoms with Crippen LogP contribution in [0.5, 0.6) is 0 Å². The molecule has 84 valence electrons. The van der Waals surface area contributed by atoms with Gasteiger partial charge >= 0.3 is 0 Å². The highest BCUT2D eigenvalue weighted by molar-refractivity contribution is 7.18. The van der Waals surface area contributed by atoms with Gasteiger partial charge in [0.15, 0.2) is 5.82 Å². The van der Waals surface area contributed by atoms with Crippen LogP contribution in [0.15, 0.2) is 24.4 Å². The molecule has 0 aliphatic carbocycles. The van der Waals surface area contributed by atoms with E-state index < -0.39 is 0 Å². The molecule has 0 fully saturated rings. The van der Waals surface area contributed by atoms with E-state index in [1.807, 2.05) is 19.1 Å². The summed E-state index contributed by atoms with van der Waals surface area (Å²) in [6, 6.07) is 5.59. The Kier molecular flexibility index (Phi) is 2.49. The van der Waals surface area contributed by atoms with Crippen LogP contribution in [0.4, 0.5) is 0 Å². The standard InChI is InChI=1S/C11H7ClN4S/c1-6-5-7-9(12)14-10(15-11(7)17-6)8-3-2-4-13-16-8/h2-5H,1H3. The van der Waals surface area contributed by atoms with Gasteiger partial charge in [-0.2, -0.15) is 5.10 Å². The van der Waals surface area contributed by atoms with Gasteiger partial charge in [-0.3, -0.25) is 0 Å². The van der Waals surface area contributed by atoms with E-state index in [0.29, 0.717) is 16.7 Å². The van der Waals surface area contributed by atoms with Gasteiger partial charge in [-0.25, -0.2) is 9.97 Å². The molecule has 3 aromatic heterocycles. The van der Waals surface area contributed by atoms with Gasteiger partial charge in [0.2, 0.25) is 0 Å². The van der Waals surface area contributed by atoms with E-state index in [-0.39, 0.29) is 0 Å². The molecule has 0 N–H and O–H groups in total. The summed E-state index contributed by atoms with van der Waals surface area (Å²) < 4.78 is 0. The van der Waals surface area contributed by atoms with Crippen molar-refractivity contribution in [1.82, 2.24) is 20.2 Å². The van der Waals surface area contributed by atoms with Gasteiger partial charge in [-0.15, -0.1) is 16.4 Å². The maximum Gasteiger partial charge on any atom is 0.182 e. The third-order valence-corrected chi connectivity index (χ3v) is 3.50. The fourth-order valence-corrected chi connectivity index (χ4v) is 2.70. The van der Waals surface area contributed by atoms with Crippen molar-refractivity contribution >= 4 is 33.2 Å². The van der Waals surface area contributed by atoms with Gasteiger partial charge in [-0.05, 0) is 25.1 Å². The number of aromatic nitrogens is 4. The molecule has 0 aliphatic rings. The van der Waals surface area contributed by atoms with Gasteiger partial charge < -0.3 is 0 Å². The zero-order chi connectivity index (χ0) is 11.8. The smallest absolute Gasteiger partial charge is 0.182 e. The molecule has 3 heterocycles. The second kappa shape index (κ2) is 4.01. The Morgan fingerprint density at radius 3 is 2.94 bits per heavy atom. The fraction of sp³-hybridized carbons (Fsp3) is 0.0909. The SMILES string of the molecule is Cc1cc2c(Cl)nc(-c3cccnn3)nc2s1. The Bertz CT molecular complexity index is 681. The monoisotopic (exact) mass is 262 g/mol. The van der Waals surface area contributed by atoms with Crippen LogP contribution in [0.3, 0.4) is 0 Å². The van der Waals surface area contributed by atoms with Gasteiger partial charge in [0.05, 0.1) is 0 Å². The summed E-state index contributed by atoms with van der Waals surface area (Å²) in [4.78, 5) is 10.7. The molecular weight excluding hydrogens is 256 g/mol. The molecule has 0 bridgehead atoms. The first-order valence-corrected chi connectivity index (χ1v) is 6.15. The summed E-state index contributed by atoms with van der Waals surface area (Å²) in [5, 5.41) is 9.13. The number of hydrogen-bond donors (Lipinski definition) is 0. The van der Waals surface area contributed by atoms with E-state index in [1.54, 1.807) is 23.6 Å². The fourth-order valence-electron chi connectivity index (χ4n) is 1.54. The number of rotatable bonds is 1. The Morgan fingerprint density at radius 2 is 2.18 bits per heavy atom. The minimum Gasteiger partial charge on any atom is -0.215 e. The Morgan fingerprint density at radius 1 is 1.29 bits per heavy atom. The van der Waals surface area contributed by atoms with Crippen LogP contribution in [0, 0.1) is 6.92 Å². The van der Waals surface area contributed by atoms with Crippen molar-refractivity contribution < 1.29 is 0 Å². The first-order chi connectivity index (χ1) is 8.24. The van der Waals surface area contributed by atoms with Crippen molar-refractivity contribution in [3.63, 3.8) is 0 Å². The van der Waals surface area contributed by atoms with Crippen molar-refractivity contribution in [3.8, 4) is 11.5 Å². The lowest BCUT2D eigenvalue weighted by Gasteiger charge is -1.99. The zero-order valence-electron chi connectivity index (χ0n) is 8.88. The van der Waals surface area contributed by atoms with Crippen molar-refractivity contribution in [3.05, 3.63) is 34.4 Å². The van der Waals surface area contributed by atoms with Crippen molar-refractivity contribution in [2.75, 3.05) is 0 Å². The van der Waals surface area contributed by atoms with Gasteiger partial charge in [-0.1, -0.05) is 11.6 Å². The van der Waals surface area contributed by atoms with E-state index in [4.69, 9.17) is 11.6 Å². The number of nitrogens with zero attached hydrogens (tertiary/aromatic N) is 4. The van der Waals surface area contributed by atoms with E-state index in [9.17, 15) is 0 Å². The lowest BCUT2D eigenvalue weighted by atomic mass is 10.3. The van der Waals surface area contributed by atoms with Crippen LogP contribution < -0.4 is 0 Å². The van der Waals surface area contributed by atoms with Crippen molar-refractivity contribution in [2.45, 2.75) is 6.92 Å². The highest BCUT2D eigenvalue weighted by atomic mass is 35.5. The van der Waals surface area contributed by atoms with E-state index in [2.05, 4.69) is 20.2 Å². The van der Waals surface area contributed by atoms with Gasteiger partial charge in [0.1, 0.15) is 15.7 Å². The lowest BCUT2D eigenvalue weighted by molar-refractivity contribution is 1.02. The van der Waals surface area contributed by atoms with Gasteiger partial charge in [0, 0.05) is 16.5 Å². The molecule has 3 rings (SSSR count). The largest absolute Gasteiger partial charge is 0.215 e. The van der Waals surface area contributed by atoms with Crippen LogP contribution in [0.25, 0.3) is 21.7 Å². The van der Waals surface area contributed by atoms with E-state index >= 15 is 0 Å². The predicted octanol–water partition coefficient (Wildman–Crippen LogP) is 3.11. The molecule has 0 saturated carbocycles. The Hall–Kier alpha value is -1.59. The summed E-state index contributed by atoms with van der Waals surface area (Å²) in [5.41, 5.74) is 0.627. The van der Waals surface area contributed by atoms with E-state index in [0.717, 1.165) is 15.1 Å². The number of hydrogen-bond acceptors (Lipinski definition) is 5. The molecule has 17 heavy (non-hydrogen) atoms. The third kappa shape index (κ3) is 1.87. The van der Waals surface area contributed by atoms with Crippen LogP contribution in [-0.4, -0.2) is 20.2 Å². The van der Waals surface area contributed by atoms with Crippen LogP contribution >= 0.6 is 22.9 Å².